The number of methoxy groups -OCH3 is 1. The van der Waals surface area contributed by atoms with E-state index in [0.29, 0.717) is 36.4 Å². The quantitative estimate of drug-likeness (QED) is 0.674. The molecule has 5 nitrogen and oxygen atoms in total. The number of rotatable bonds is 9. The molecule has 0 atom stereocenters. The second kappa shape index (κ2) is 9.74. The highest BCUT2D eigenvalue weighted by Crippen LogP contribution is 2.24. The van der Waals surface area contributed by atoms with Gasteiger partial charge < -0.3 is 19.9 Å². The smallest absolute Gasteiger partial charge is 0.251 e. The molecule has 1 aromatic rings. The fraction of sp³-hybridized carbons (Fsp3) is 0.500. The second-order valence-electron chi connectivity index (χ2n) is 4.23. The SMILES string of the molecule is COCCOCCCCNC(=O)c1ccc(Br)c(O)c1. The highest BCUT2D eigenvalue weighted by atomic mass is 79.9. The minimum absolute atomic E-state index is 0.0594. The number of phenols is 1. The molecule has 112 valence electrons. The van der Waals surface area contributed by atoms with Gasteiger partial charge in [-0.05, 0) is 47.0 Å². The summed E-state index contributed by atoms with van der Waals surface area (Å²) in [4.78, 5) is 11.8. The number of nitrogens with one attached hydrogen (secondary N) is 1. The van der Waals surface area contributed by atoms with E-state index in [1.165, 1.54) is 6.07 Å². The summed E-state index contributed by atoms with van der Waals surface area (Å²) in [7, 11) is 1.64. The van der Waals surface area contributed by atoms with Crippen LogP contribution in [0.4, 0.5) is 0 Å². The lowest BCUT2D eigenvalue weighted by Gasteiger charge is -2.07. The van der Waals surface area contributed by atoms with Crippen LogP contribution in [-0.4, -0.2) is 44.5 Å². The van der Waals surface area contributed by atoms with E-state index in [1.54, 1.807) is 19.2 Å². The third-order valence-corrected chi connectivity index (χ3v) is 3.31. The third-order valence-electron chi connectivity index (χ3n) is 2.64. The van der Waals surface area contributed by atoms with Crippen LogP contribution < -0.4 is 5.32 Å². The molecule has 0 aliphatic carbocycles. The van der Waals surface area contributed by atoms with Gasteiger partial charge in [0.15, 0.2) is 0 Å². The van der Waals surface area contributed by atoms with Crippen molar-refractivity contribution in [3.05, 3.63) is 28.2 Å². The molecule has 6 heteroatoms. The maximum atomic E-state index is 11.8. The Balaban J connectivity index is 2.15. The molecule has 0 aromatic heterocycles. The number of hydrogen-bond acceptors (Lipinski definition) is 4. The van der Waals surface area contributed by atoms with E-state index in [4.69, 9.17) is 9.47 Å². The molecule has 1 aromatic carbocycles. The lowest BCUT2D eigenvalue weighted by atomic mass is 10.2. The fourth-order valence-electron chi connectivity index (χ4n) is 1.53. The maximum Gasteiger partial charge on any atom is 0.251 e. The molecule has 2 N–H and O–H groups in total. The summed E-state index contributed by atoms with van der Waals surface area (Å²) in [6.45, 7) is 2.45. The lowest BCUT2D eigenvalue weighted by molar-refractivity contribution is 0.0686. The van der Waals surface area contributed by atoms with Crippen molar-refractivity contribution >= 4 is 21.8 Å². The Bertz CT molecular complexity index is 426. The Morgan fingerprint density at radius 3 is 2.80 bits per heavy atom. The number of halogens is 1. The summed E-state index contributed by atoms with van der Waals surface area (Å²) in [5.74, 6) is -0.128. The molecule has 0 heterocycles. The van der Waals surface area contributed by atoms with Crippen LogP contribution in [0.25, 0.3) is 0 Å². The van der Waals surface area contributed by atoms with Crippen molar-refractivity contribution < 1.29 is 19.4 Å². The Morgan fingerprint density at radius 2 is 2.10 bits per heavy atom. The van der Waals surface area contributed by atoms with Gasteiger partial charge in [-0.3, -0.25) is 4.79 Å². The zero-order chi connectivity index (χ0) is 14.8. The van der Waals surface area contributed by atoms with E-state index in [2.05, 4.69) is 21.2 Å². The van der Waals surface area contributed by atoms with E-state index in [1.807, 2.05) is 0 Å². The first-order chi connectivity index (χ1) is 9.65. The Hall–Kier alpha value is -1.11. The van der Waals surface area contributed by atoms with Crippen molar-refractivity contribution in [3.63, 3.8) is 0 Å². The summed E-state index contributed by atoms with van der Waals surface area (Å²) in [6.07, 6.45) is 1.73. The van der Waals surface area contributed by atoms with E-state index >= 15 is 0 Å². The number of amides is 1. The highest BCUT2D eigenvalue weighted by Gasteiger charge is 2.07. The van der Waals surface area contributed by atoms with Gasteiger partial charge in [0.25, 0.3) is 5.91 Å². The lowest BCUT2D eigenvalue weighted by Crippen LogP contribution is -2.24. The number of carbonyl (C=O) groups is 1. The molecule has 0 fully saturated rings. The molecule has 0 radical (unpaired) electrons. The van der Waals surface area contributed by atoms with E-state index in [0.717, 1.165) is 12.8 Å². The first-order valence-corrected chi connectivity index (χ1v) is 7.28. The van der Waals surface area contributed by atoms with Crippen LogP contribution >= 0.6 is 15.9 Å². The van der Waals surface area contributed by atoms with Gasteiger partial charge in [0.1, 0.15) is 5.75 Å². The molecule has 20 heavy (non-hydrogen) atoms. The van der Waals surface area contributed by atoms with Crippen molar-refractivity contribution in [2.24, 2.45) is 0 Å². The van der Waals surface area contributed by atoms with Gasteiger partial charge >= 0.3 is 0 Å². The average Bonchev–Trinajstić information content (AvgIpc) is 2.44. The van der Waals surface area contributed by atoms with E-state index in [9.17, 15) is 9.90 Å². The van der Waals surface area contributed by atoms with Crippen molar-refractivity contribution in [2.45, 2.75) is 12.8 Å². The van der Waals surface area contributed by atoms with Crippen molar-refractivity contribution in [1.82, 2.24) is 5.32 Å². The molecule has 0 aliphatic rings. The standard InChI is InChI=1S/C14H20BrNO4/c1-19-8-9-20-7-3-2-6-16-14(18)11-4-5-12(15)13(17)10-11/h4-5,10,17H,2-3,6-9H2,1H3,(H,16,18). The number of carbonyl (C=O) groups excluding carboxylic acids is 1. The van der Waals surface area contributed by atoms with Gasteiger partial charge in [0.2, 0.25) is 0 Å². The number of aromatic hydroxyl groups is 1. The molecule has 0 aliphatic heterocycles. The van der Waals surface area contributed by atoms with Gasteiger partial charge in [0, 0.05) is 25.8 Å². The first kappa shape index (κ1) is 16.9. The largest absolute Gasteiger partial charge is 0.507 e. The van der Waals surface area contributed by atoms with Crippen molar-refractivity contribution in [1.29, 1.82) is 0 Å². The van der Waals surface area contributed by atoms with Crippen LogP contribution in [0, 0.1) is 0 Å². The van der Waals surface area contributed by atoms with Gasteiger partial charge in [-0.15, -0.1) is 0 Å². The second-order valence-corrected chi connectivity index (χ2v) is 5.09. The molecule has 0 bridgehead atoms. The third kappa shape index (κ3) is 6.36. The fourth-order valence-corrected chi connectivity index (χ4v) is 1.78. The van der Waals surface area contributed by atoms with Crippen LogP contribution in [0.3, 0.4) is 0 Å². The van der Waals surface area contributed by atoms with Gasteiger partial charge in [-0.2, -0.15) is 0 Å². The van der Waals surface area contributed by atoms with Crippen LogP contribution in [0.15, 0.2) is 22.7 Å². The Morgan fingerprint density at radius 1 is 1.30 bits per heavy atom. The number of ether oxygens (including phenoxy) is 2. The molecule has 1 rings (SSSR count). The topological polar surface area (TPSA) is 67.8 Å². The minimum atomic E-state index is -0.187. The molecule has 1 amide bonds. The van der Waals surface area contributed by atoms with Gasteiger partial charge in [-0.25, -0.2) is 0 Å². The molecule has 0 spiro atoms. The molecular weight excluding hydrogens is 326 g/mol. The summed E-state index contributed by atoms with van der Waals surface area (Å²) in [5.41, 5.74) is 0.446. The molecule has 0 unspecified atom stereocenters. The van der Waals surface area contributed by atoms with Gasteiger partial charge in [0.05, 0.1) is 17.7 Å². The van der Waals surface area contributed by atoms with Gasteiger partial charge in [-0.1, -0.05) is 0 Å². The predicted octanol–water partition coefficient (Wildman–Crippen LogP) is 2.33. The Kier molecular flexibility index (Phi) is 8.25. The minimum Gasteiger partial charge on any atom is -0.507 e. The highest BCUT2D eigenvalue weighted by molar-refractivity contribution is 9.10. The zero-order valence-electron chi connectivity index (χ0n) is 11.5. The van der Waals surface area contributed by atoms with E-state index in [-0.39, 0.29) is 11.7 Å². The monoisotopic (exact) mass is 345 g/mol. The average molecular weight is 346 g/mol. The summed E-state index contributed by atoms with van der Waals surface area (Å²) in [5, 5.41) is 12.3. The summed E-state index contributed by atoms with van der Waals surface area (Å²) < 4.78 is 10.8. The van der Waals surface area contributed by atoms with Crippen LogP contribution in [-0.2, 0) is 9.47 Å². The number of benzene rings is 1. The molecular formula is C14H20BrNO4. The Labute approximate surface area is 127 Å². The maximum absolute atomic E-state index is 11.8. The first-order valence-electron chi connectivity index (χ1n) is 6.48. The zero-order valence-corrected chi connectivity index (χ0v) is 13.1. The van der Waals surface area contributed by atoms with Crippen LogP contribution in [0.5, 0.6) is 5.75 Å². The number of hydrogen-bond donors (Lipinski definition) is 2. The van der Waals surface area contributed by atoms with Crippen LogP contribution in [0.2, 0.25) is 0 Å². The normalized spacial score (nSPS) is 10.5. The van der Waals surface area contributed by atoms with Crippen molar-refractivity contribution in [2.75, 3.05) is 33.5 Å². The molecule has 0 saturated carbocycles. The predicted molar refractivity (Wildman–Crippen MR) is 80.1 cm³/mol. The summed E-state index contributed by atoms with van der Waals surface area (Å²) in [6, 6.07) is 4.74. The van der Waals surface area contributed by atoms with E-state index < -0.39 is 0 Å². The van der Waals surface area contributed by atoms with Crippen LogP contribution in [0.1, 0.15) is 23.2 Å². The summed E-state index contributed by atoms with van der Waals surface area (Å²) >= 11 is 3.17. The molecule has 0 saturated heterocycles. The number of phenolic OH excluding ortho intramolecular Hbond substituents is 1. The van der Waals surface area contributed by atoms with Crippen molar-refractivity contribution in [3.8, 4) is 5.75 Å². The number of unbranched alkanes of at least 4 members (excludes halogenated alkanes) is 1.